The first kappa shape index (κ1) is 19.4. The first-order chi connectivity index (χ1) is 11.7. The molecule has 1 aliphatic heterocycles. The summed E-state index contributed by atoms with van der Waals surface area (Å²) in [7, 11) is 0. The fourth-order valence-corrected chi connectivity index (χ4v) is 2.70. The van der Waals surface area contributed by atoms with Gasteiger partial charge in [0.1, 0.15) is 0 Å². The Kier molecular flexibility index (Phi) is 6.96. The lowest BCUT2D eigenvalue weighted by Gasteiger charge is -2.31. The average Bonchev–Trinajstić information content (AvgIpc) is 3.03. The van der Waals surface area contributed by atoms with Crippen LogP contribution in [-0.4, -0.2) is 35.7 Å². The van der Waals surface area contributed by atoms with Gasteiger partial charge < -0.3 is 15.2 Å². The van der Waals surface area contributed by atoms with Gasteiger partial charge in [0.05, 0.1) is 0 Å². The number of hydrogen-bond donors (Lipinski definition) is 2. The summed E-state index contributed by atoms with van der Waals surface area (Å²) in [5.41, 5.74) is 2.09. The van der Waals surface area contributed by atoms with Crippen LogP contribution in [-0.2, 0) is 17.6 Å². The number of aromatic nitrogens is 2. The third-order valence-electron chi connectivity index (χ3n) is 4.63. The number of amides is 1. The molecule has 1 aromatic heterocycles. The molecule has 2 heterocycles. The van der Waals surface area contributed by atoms with Crippen molar-refractivity contribution in [3.63, 3.8) is 0 Å². The molecule has 1 unspecified atom stereocenters. The lowest BCUT2D eigenvalue weighted by atomic mass is 9.88. The van der Waals surface area contributed by atoms with Crippen molar-refractivity contribution in [1.29, 1.82) is 0 Å². The number of nitrogens with zero attached hydrogens (tertiary/aromatic N) is 2. The Balaban J connectivity index is 0.00000225. The molecule has 0 spiro atoms. The van der Waals surface area contributed by atoms with Crippen molar-refractivity contribution in [3.8, 4) is 11.5 Å². The predicted molar refractivity (Wildman–Crippen MR) is 98.6 cm³/mol. The van der Waals surface area contributed by atoms with E-state index in [9.17, 15) is 4.79 Å². The van der Waals surface area contributed by atoms with Crippen molar-refractivity contribution in [1.82, 2.24) is 20.8 Å². The number of nitrogens with one attached hydrogen (secondary N) is 2. The van der Waals surface area contributed by atoms with Crippen LogP contribution in [0, 0.1) is 11.8 Å². The van der Waals surface area contributed by atoms with Crippen LogP contribution in [0.3, 0.4) is 0 Å². The van der Waals surface area contributed by atoms with Gasteiger partial charge in [-0.1, -0.05) is 31.1 Å². The lowest BCUT2D eigenvalue weighted by Crippen LogP contribution is -2.49. The van der Waals surface area contributed by atoms with E-state index in [0.29, 0.717) is 24.2 Å². The van der Waals surface area contributed by atoms with Gasteiger partial charge in [0, 0.05) is 24.4 Å². The molecule has 1 saturated heterocycles. The second-order valence-electron chi connectivity index (χ2n) is 6.31. The molecule has 25 heavy (non-hydrogen) atoms. The topological polar surface area (TPSA) is 80.0 Å². The highest BCUT2D eigenvalue weighted by Crippen LogP contribution is 2.18. The molecule has 1 aromatic carbocycles. The Hall–Kier alpha value is -1.92. The average molecular weight is 365 g/mol. The molecule has 1 atom stereocenters. The molecule has 0 bridgehead atoms. The summed E-state index contributed by atoms with van der Waals surface area (Å²) in [4.78, 5) is 16.4. The Morgan fingerprint density at radius 1 is 1.36 bits per heavy atom. The summed E-state index contributed by atoms with van der Waals surface area (Å²) < 4.78 is 5.24. The maximum atomic E-state index is 12.1. The van der Waals surface area contributed by atoms with Gasteiger partial charge >= 0.3 is 0 Å². The van der Waals surface area contributed by atoms with Gasteiger partial charge in [-0.3, -0.25) is 4.79 Å². The molecule has 1 amide bonds. The molecule has 1 fully saturated rings. The fraction of sp³-hybridized carbons (Fsp3) is 0.500. The van der Waals surface area contributed by atoms with E-state index in [4.69, 9.17) is 4.52 Å². The number of rotatable bonds is 7. The highest BCUT2D eigenvalue weighted by Gasteiger charge is 2.28. The van der Waals surface area contributed by atoms with Crippen LogP contribution in [0.15, 0.2) is 28.8 Å². The van der Waals surface area contributed by atoms with Crippen molar-refractivity contribution >= 4 is 18.3 Å². The number of carbonyl (C=O) groups excluding carboxylic acids is 1. The van der Waals surface area contributed by atoms with Crippen molar-refractivity contribution in [2.45, 2.75) is 26.7 Å². The number of carbonyl (C=O) groups is 1. The summed E-state index contributed by atoms with van der Waals surface area (Å²) in [6.45, 7) is 6.55. The molecular formula is C18H25ClN4O2. The third-order valence-corrected chi connectivity index (χ3v) is 4.63. The molecule has 3 rings (SSSR count). The van der Waals surface area contributed by atoms with E-state index in [2.05, 4.69) is 20.8 Å². The highest BCUT2D eigenvalue weighted by atomic mass is 35.5. The van der Waals surface area contributed by atoms with Crippen LogP contribution < -0.4 is 10.6 Å². The number of aryl methyl sites for hydroxylation is 1. The normalized spacial score (nSPS) is 15.1. The first-order valence-electron chi connectivity index (χ1n) is 8.57. The maximum absolute atomic E-state index is 12.1. The Labute approximate surface area is 154 Å². The predicted octanol–water partition coefficient (Wildman–Crippen LogP) is 2.24. The van der Waals surface area contributed by atoms with E-state index in [0.717, 1.165) is 31.5 Å². The monoisotopic (exact) mass is 364 g/mol. The van der Waals surface area contributed by atoms with Crippen LogP contribution in [0.1, 0.15) is 25.2 Å². The standard InChI is InChI=1S/C18H24N4O2.ClH/c1-3-16-21-18(24-22-16)14-6-4-13(5-7-14)8-9-20-17(23)12(2)15-10-19-11-15;/h4-7,12,15,19H,3,8-11H2,1-2H3,(H,20,23);1H. The van der Waals surface area contributed by atoms with Gasteiger partial charge in [-0.2, -0.15) is 4.98 Å². The molecule has 0 saturated carbocycles. The van der Waals surface area contributed by atoms with E-state index in [1.807, 2.05) is 38.1 Å². The minimum absolute atomic E-state index is 0. The summed E-state index contributed by atoms with van der Waals surface area (Å²) >= 11 is 0. The minimum Gasteiger partial charge on any atom is -0.356 e. The van der Waals surface area contributed by atoms with E-state index in [1.165, 1.54) is 5.56 Å². The smallest absolute Gasteiger partial charge is 0.257 e. The lowest BCUT2D eigenvalue weighted by molar-refractivity contribution is -0.126. The number of benzene rings is 1. The Bertz CT molecular complexity index is 683. The molecule has 2 N–H and O–H groups in total. The fourth-order valence-electron chi connectivity index (χ4n) is 2.70. The summed E-state index contributed by atoms with van der Waals surface area (Å²) in [5, 5.41) is 10.1. The van der Waals surface area contributed by atoms with Gasteiger partial charge in [0.2, 0.25) is 5.91 Å². The zero-order chi connectivity index (χ0) is 16.9. The van der Waals surface area contributed by atoms with E-state index in [1.54, 1.807) is 0 Å². The van der Waals surface area contributed by atoms with Crippen LogP contribution >= 0.6 is 12.4 Å². The second kappa shape index (κ2) is 8.97. The minimum atomic E-state index is 0. The summed E-state index contributed by atoms with van der Waals surface area (Å²) in [6, 6.07) is 8.03. The quantitative estimate of drug-likeness (QED) is 0.787. The van der Waals surface area contributed by atoms with Crippen molar-refractivity contribution in [3.05, 3.63) is 35.7 Å². The van der Waals surface area contributed by atoms with Gasteiger partial charge in [0.25, 0.3) is 5.89 Å². The van der Waals surface area contributed by atoms with Crippen LogP contribution in [0.5, 0.6) is 0 Å². The van der Waals surface area contributed by atoms with Gasteiger partial charge in [-0.25, -0.2) is 0 Å². The molecule has 1 aliphatic rings. The Morgan fingerprint density at radius 2 is 2.08 bits per heavy atom. The van der Waals surface area contributed by atoms with Crippen LogP contribution in [0.2, 0.25) is 0 Å². The zero-order valence-electron chi connectivity index (χ0n) is 14.6. The van der Waals surface area contributed by atoms with Crippen molar-refractivity contribution in [2.75, 3.05) is 19.6 Å². The molecule has 136 valence electrons. The Morgan fingerprint density at radius 3 is 2.64 bits per heavy atom. The van der Waals surface area contributed by atoms with Crippen LogP contribution in [0.4, 0.5) is 0 Å². The highest BCUT2D eigenvalue weighted by molar-refractivity contribution is 5.85. The molecule has 0 radical (unpaired) electrons. The van der Waals surface area contributed by atoms with Gasteiger partial charge in [-0.15, -0.1) is 12.4 Å². The maximum Gasteiger partial charge on any atom is 0.257 e. The molecular weight excluding hydrogens is 340 g/mol. The van der Waals surface area contributed by atoms with E-state index < -0.39 is 0 Å². The first-order valence-corrected chi connectivity index (χ1v) is 8.57. The van der Waals surface area contributed by atoms with Gasteiger partial charge in [0.15, 0.2) is 5.82 Å². The van der Waals surface area contributed by atoms with Crippen molar-refractivity contribution in [2.24, 2.45) is 11.8 Å². The number of hydrogen-bond acceptors (Lipinski definition) is 5. The van der Waals surface area contributed by atoms with Crippen molar-refractivity contribution < 1.29 is 9.32 Å². The second-order valence-corrected chi connectivity index (χ2v) is 6.31. The summed E-state index contributed by atoms with van der Waals surface area (Å²) in [6.07, 6.45) is 1.57. The molecule has 6 nitrogen and oxygen atoms in total. The van der Waals surface area contributed by atoms with E-state index >= 15 is 0 Å². The number of halogens is 1. The SMILES string of the molecule is CCc1noc(-c2ccc(CCNC(=O)C(C)C3CNC3)cc2)n1.Cl. The van der Waals surface area contributed by atoms with Gasteiger partial charge in [-0.05, 0) is 43.1 Å². The molecule has 2 aromatic rings. The largest absolute Gasteiger partial charge is 0.356 e. The van der Waals surface area contributed by atoms with Crippen LogP contribution in [0.25, 0.3) is 11.5 Å². The third kappa shape index (κ3) is 4.80. The molecule has 0 aliphatic carbocycles. The van der Waals surface area contributed by atoms with E-state index in [-0.39, 0.29) is 24.2 Å². The summed E-state index contributed by atoms with van der Waals surface area (Å²) in [5.74, 6) is 1.98. The molecule has 7 heteroatoms. The zero-order valence-corrected chi connectivity index (χ0v) is 15.4.